The van der Waals surface area contributed by atoms with E-state index in [-0.39, 0.29) is 18.1 Å². The van der Waals surface area contributed by atoms with Gasteiger partial charge in [0.25, 0.3) is 0 Å². The molecule has 23 heavy (non-hydrogen) atoms. The highest BCUT2D eigenvalue weighted by atomic mass is 19.1. The van der Waals surface area contributed by atoms with E-state index in [1.165, 1.54) is 4.90 Å². The second kappa shape index (κ2) is 6.36. The summed E-state index contributed by atoms with van der Waals surface area (Å²) in [6, 6.07) is 1.98. The third-order valence-corrected chi connectivity index (χ3v) is 4.03. The van der Waals surface area contributed by atoms with Crippen LogP contribution in [0.5, 0.6) is 0 Å². The molecule has 5 nitrogen and oxygen atoms in total. The van der Waals surface area contributed by atoms with Gasteiger partial charge in [0.1, 0.15) is 11.6 Å². The predicted octanol–water partition coefficient (Wildman–Crippen LogP) is 2.01. The molecule has 2 heterocycles. The van der Waals surface area contributed by atoms with Crippen molar-refractivity contribution >= 4 is 6.03 Å². The minimum atomic E-state index is -0.464. The number of rotatable bonds is 3. The second-order valence-corrected chi connectivity index (χ2v) is 5.66. The average molecular weight is 320 g/mol. The number of urea groups is 1. The fourth-order valence-corrected chi connectivity index (χ4v) is 2.79. The molecule has 0 atom stereocenters. The van der Waals surface area contributed by atoms with Crippen LogP contribution in [-0.2, 0) is 26.4 Å². The Labute approximate surface area is 132 Å². The van der Waals surface area contributed by atoms with Crippen LogP contribution in [0, 0.1) is 11.6 Å². The molecule has 0 saturated heterocycles. The van der Waals surface area contributed by atoms with Gasteiger partial charge in [0.2, 0.25) is 0 Å². The number of hydrogen-bond donors (Lipinski definition) is 1. The smallest absolute Gasteiger partial charge is 0.317 e. The van der Waals surface area contributed by atoms with Gasteiger partial charge < -0.3 is 10.2 Å². The Hall–Kier alpha value is -2.44. The number of nitrogens with one attached hydrogen (secondary N) is 1. The maximum absolute atomic E-state index is 13.8. The van der Waals surface area contributed by atoms with E-state index in [1.54, 1.807) is 10.9 Å². The number of aryl methyl sites for hydroxylation is 1. The molecule has 0 aliphatic carbocycles. The van der Waals surface area contributed by atoms with Crippen LogP contribution in [0.2, 0.25) is 0 Å². The van der Waals surface area contributed by atoms with E-state index in [4.69, 9.17) is 0 Å². The lowest BCUT2D eigenvalue weighted by Crippen LogP contribution is -2.43. The monoisotopic (exact) mass is 320 g/mol. The van der Waals surface area contributed by atoms with Gasteiger partial charge in [-0.3, -0.25) is 4.68 Å². The summed E-state index contributed by atoms with van der Waals surface area (Å²) in [6.07, 6.45) is 4.64. The van der Waals surface area contributed by atoms with Gasteiger partial charge in [-0.2, -0.15) is 5.10 Å². The Morgan fingerprint density at radius 2 is 2.04 bits per heavy atom. The summed E-state index contributed by atoms with van der Waals surface area (Å²) in [6.45, 7) is 0.948. The number of carbonyl (C=O) groups excluding carboxylic acids is 1. The largest absolute Gasteiger partial charge is 0.338 e. The van der Waals surface area contributed by atoms with Crippen molar-refractivity contribution in [1.82, 2.24) is 20.0 Å². The van der Waals surface area contributed by atoms with Gasteiger partial charge in [0.05, 0.1) is 12.7 Å². The van der Waals surface area contributed by atoms with Crippen molar-refractivity contribution < 1.29 is 13.6 Å². The summed E-state index contributed by atoms with van der Waals surface area (Å²) in [4.78, 5) is 13.7. The Kier molecular flexibility index (Phi) is 4.27. The van der Waals surface area contributed by atoms with Crippen LogP contribution >= 0.6 is 0 Å². The lowest BCUT2D eigenvalue weighted by molar-refractivity contribution is 0.191. The molecule has 1 aromatic heterocycles. The fraction of sp³-hybridized carbons (Fsp3) is 0.375. The third-order valence-electron chi connectivity index (χ3n) is 4.03. The van der Waals surface area contributed by atoms with Crippen molar-refractivity contribution in [3.63, 3.8) is 0 Å². The molecule has 1 aliphatic rings. The summed E-state index contributed by atoms with van der Waals surface area (Å²) < 4.78 is 29.2. The van der Waals surface area contributed by atoms with Gasteiger partial charge in [0.15, 0.2) is 0 Å². The fourth-order valence-electron chi connectivity index (χ4n) is 2.79. The molecule has 2 aromatic rings. The summed E-state index contributed by atoms with van der Waals surface area (Å²) in [7, 11) is 1.83. The van der Waals surface area contributed by atoms with E-state index in [9.17, 15) is 13.6 Å². The van der Waals surface area contributed by atoms with Crippen LogP contribution in [0.1, 0.15) is 16.7 Å². The number of aromatic nitrogens is 2. The molecule has 7 heteroatoms. The van der Waals surface area contributed by atoms with E-state index < -0.39 is 11.6 Å². The van der Waals surface area contributed by atoms with Crippen molar-refractivity contribution in [2.75, 3.05) is 13.1 Å². The van der Waals surface area contributed by atoms with Crippen LogP contribution in [0.15, 0.2) is 24.5 Å². The number of halogens is 2. The zero-order valence-corrected chi connectivity index (χ0v) is 12.9. The minimum Gasteiger partial charge on any atom is -0.338 e. The van der Waals surface area contributed by atoms with E-state index in [2.05, 4.69) is 10.4 Å². The molecule has 0 fully saturated rings. The van der Waals surface area contributed by atoms with E-state index in [0.29, 0.717) is 31.5 Å². The lowest BCUT2D eigenvalue weighted by atomic mass is 9.99. The Morgan fingerprint density at radius 1 is 1.30 bits per heavy atom. The molecule has 0 radical (unpaired) electrons. The lowest BCUT2D eigenvalue weighted by Gasteiger charge is -2.29. The summed E-state index contributed by atoms with van der Waals surface area (Å²) in [5, 5.41) is 6.87. The molecule has 0 spiro atoms. The molecular formula is C16H18F2N4O. The molecule has 0 saturated carbocycles. The normalized spacial score (nSPS) is 13.8. The predicted molar refractivity (Wildman–Crippen MR) is 80.8 cm³/mol. The molecule has 1 aliphatic heterocycles. The van der Waals surface area contributed by atoms with Crippen molar-refractivity contribution in [3.8, 4) is 0 Å². The highest BCUT2D eigenvalue weighted by Crippen LogP contribution is 2.24. The highest BCUT2D eigenvalue weighted by molar-refractivity contribution is 5.74. The van der Waals surface area contributed by atoms with Crippen molar-refractivity contribution in [2.45, 2.75) is 19.4 Å². The first-order chi connectivity index (χ1) is 11.0. The number of benzene rings is 1. The molecular weight excluding hydrogens is 302 g/mol. The van der Waals surface area contributed by atoms with Crippen LogP contribution < -0.4 is 5.32 Å². The zero-order valence-electron chi connectivity index (χ0n) is 12.9. The summed E-state index contributed by atoms with van der Waals surface area (Å²) in [5.74, 6) is -0.868. The Morgan fingerprint density at radius 3 is 2.74 bits per heavy atom. The van der Waals surface area contributed by atoms with Crippen molar-refractivity contribution in [3.05, 3.63) is 52.9 Å². The van der Waals surface area contributed by atoms with Gasteiger partial charge in [-0.1, -0.05) is 0 Å². The van der Waals surface area contributed by atoms with Crippen molar-refractivity contribution in [1.29, 1.82) is 0 Å². The zero-order chi connectivity index (χ0) is 16.4. The second-order valence-electron chi connectivity index (χ2n) is 5.66. The first kappa shape index (κ1) is 15.5. The number of hydrogen-bond acceptors (Lipinski definition) is 2. The molecule has 1 aromatic carbocycles. The van der Waals surface area contributed by atoms with Gasteiger partial charge in [-0.05, 0) is 36.1 Å². The summed E-state index contributed by atoms with van der Waals surface area (Å²) in [5.41, 5.74) is 1.69. The van der Waals surface area contributed by atoms with Crippen molar-refractivity contribution in [2.24, 2.45) is 7.05 Å². The van der Waals surface area contributed by atoms with E-state index in [0.717, 1.165) is 17.7 Å². The van der Waals surface area contributed by atoms with Gasteiger partial charge >= 0.3 is 6.03 Å². The first-order valence-electron chi connectivity index (χ1n) is 7.50. The van der Waals surface area contributed by atoms with Crippen LogP contribution in [0.3, 0.4) is 0 Å². The van der Waals surface area contributed by atoms with E-state index >= 15 is 0 Å². The molecule has 122 valence electrons. The number of fused-ring (bicyclic) bond motifs is 1. The van der Waals surface area contributed by atoms with Crippen LogP contribution in [0.4, 0.5) is 13.6 Å². The third kappa shape index (κ3) is 3.33. The Bertz CT molecular complexity index is 729. The Balaban J connectivity index is 1.57. The highest BCUT2D eigenvalue weighted by Gasteiger charge is 2.25. The first-order valence-corrected chi connectivity index (χ1v) is 7.50. The molecule has 0 bridgehead atoms. The molecule has 0 unspecified atom stereocenters. The molecule has 2 amide bonds. The van der Waals surface area contributed by atoms with Gasteiger partial charge in [0, 0.05) is 31.9 Å². The number of amides is 2. The number of nitrogens with zero attached hydrogens (tertiary/aromatic N) is 3. The topological polar surface area (TPSA) is 50.2 Å². The van der Waals surface area contributed by atoms with Crippen LogP contribution in [-0.4, -0.2) is 33.8 Å². The summed E-state index contributed by atoms with van der Waals surface area (Å²) >= 11 is 0. The van der Waals surface area contributed by atoms with Gasteiger partial charge in [-0.15, -0.1) is 0 Å². The minimum absolute atomic E-state index is 0.0949. The molecule has 1 N–H and O–H groups in total. The quantitative estimate of drug-likeness (QED) is 0.940. The maximum Gasteiger partial charge on any atom is 0.317 e. The standard InChI is InChI=1S/C16H18F2N4O/c1-21-9-11(8-20-21)4-6-19-16(23)22-7-5-12-13(10-22)15(18)3-2-14(12)17/h2-3,8-9H,4-7,10H2,1H3,(H,19,23). The van der Waals surface area contributed by atoms with E-state index in [1.807, 2.05) is 13.2 Å². The SMILES string of the molecule is Cn1cc(CCNC(=O)N2CCc3c(F)ccc(F)c3C2)cn1. The average Bonchev–Trinajstić information content (AvgIpc) is 2.96. The number of carbonyl (C=O) groups is 1. The van der Waals surface area contributed by atoms with Gasteiger partial charge in [-0.25, -0.2) is 13.6 Å². The maximum atomic E-state index is 13.8. The molecule has 3 rings (SSSR count). The van der Waals surface area contributed by atoms with Crippen LogP contribution in [0.25, 0.3) is 0 Å².